The van der Waals surface area contributed by atoms with Gasteiger partial charge in [0, 0.05) is 24.2 Å². The van der Waals surface area contributed by atoms with Gasteiger partial charge in [0.05, 0.1) is 6.61 Å². The van der Waals surface area contributed by atoms with Crippen molar-refractivity contribution in [2.45, 2.75) is 45.4 Å². The number of aromatic hydroxyl groups is 1. The van der Waals surface area contributed by atoms with E-state index < -0.39 is 0 Å². The molecule has 0 amide bonds. The molecule has 2 aliphatic rings. The van der Waals surface area contributed by atoms with Crippen LogP contribution in [0.15, 0.2) is 12.1 Å². The zero-order valence-corrected chi connectivity index (χ0v) is 12.7. The Hall–Kier alpha value is -1.10. The zero-order chi connectivity index (χ0) is 14.7. The van der Waals surface area contributed by atoms with E-state index in [4.69, 9.17) is 0 Å². The van der Waals surface area contributed by atoms with Crippen LogP contribution >= 0.6 is 0 Å². The second-order valence-electron chi connectivity index (χ2n) is 6.39. The molecule has 2 aliphatic heterocycles. The van der Waals surface area contributed by atoms with Gasteiger partial charge < -0.3 is 10.2 Å². The number of aliphatic hydroxyl groups excluding tert-OH is 1. The van der Waals surface area contributed by atoms with Gasteiger partial charge >= 0.3 is 0 Å². The third-order valence-corrected chi connectivity index (χ3v) is 4.70. The van der Waals surface area contributed by atoms with Crippen molar-refractivity contribution >= 4 is 0 Å². The number of likely N-dealkylation sites (tertiary alicyclic amines) is 2. The summed E-state index contributed by atoms with van der Waals surface area (Å²) in [6.45, 7) is 6.10. The molecule has 4 heteroatoms. The van der Waals surface area contributed by atoms with Crippen LogP contribution < -0.4 is 0 Å². The normalized spacial score (nSPS) is 20.4. The molecule has 4 nitrogen and oxygen atoms in total. The fourth-order valence-corrected chi connectivity index (χ4v) is 3.53. The minimum Gasteiger partial charge on any atom is -0.507 e. The monoisotopic (exact) mass is 290 g/mol. The summed E-state index contributed by atoms with van der Waals surface area (Å²) >= 11 is 0. The second kappa shape index (κ2) is 6.77. The first-order chi connectivity index (χ1) is 10.3. The zero-order valence-electron chi connectivity index (χ0n) is 12.7. The van der Waals surface area contributed by atoms with Crippen LogP contribution in [0.2, 0.25) is 0 Å². The number of rotatable bonds is 5. The highest BCUT2D eigenvalue weighted by Crippen LogP contribution is 2.29. The van der Waals surface area contributed by atoms with E-state index in [1.807, 2.05) is 12.1 Å². The number of hydrogen-bond acceptors (Lipinski definition) is 4. The molecule has 116 valence electrons. The van der Waals surface area contributed by atoms with E-state index in [9.17, 15) is 10.2 Å². The molecule has 3 rings (SSSR count). The Morgan fingerprint density at radius 1 is 0.810 bits per heavy atom. The molecule has 2 heterocycles. The Kier molecular flexibility index (Phi) is 4.78. The SMILES string of the molecule is OCc1cc(CN2CCCC2)c(O)c(CN2CCCC2)c1. The summed E-state index contributed by atoms with van der Waals surface area (Å²) in [6.07, 6.45) is 5.00. The molecular formula is C17H26N2O2. The molecule has 0 bridgehead atoms. The van der Waals surface area contributed by atoms with Crippen LogP contribution in [0.5, 0.6) is 5.75 Å². The minimum absolute atomic E-state index is 0.0419. The van der Waals surface area contributed by atoms with Crippen molar-refractivity contribution in [3.8, 4) is 5.75 Å². The topological polar surface area (TPSA) is 46.9 Å². The van der Waals surface area contributed by atoms with Crippen molar-refractivity contribution in [1.29, 1.82) is 0 Å². The molecule has 0 spiro atoms. The van der Waals surface area contributed by atoms with Crippen LogP contribution in [-0.2, 0) is 19.7 Å². The van der Waals surface area contributed by atoms with Crippen molar-refractivity contribution in [2.24, 2.45) is 0 Å². The molecule has 1 aromatic rings. The number of phenolic OH excluding ortho intramolecular Hbond substituents is 1. The van der Waals surface area contributed by atoms with Crippen LogP contribution in [-0.4, -0.2) is 46.2 Å². The number of hydrogen-bond donors (Lipinski definition) is 2. The molecule has 2 saturated heterocycles. The minimum atomic E-state index is 0.0419. The molecule has 0 unspecified atom stereocenters. The third-order valence-electron chi connectivity index (χ3n) is 4.70. The van der Waals surface area contributed by atoms with Crippen molar-refractivity contribution in [1.82, 2.24) is 9.80 Å². The molecular weight excluding hydrogens is 264 g/mol. The molecule has 2 N–H and O–H groups in total. The molecule has 0 atom stereocenters. The standard InChI is InChI=1S/C17H26N2O2/c20-13-14-9-15(11-18-5-1-2-6-18)17(21)16(10-14)12-19-7-3-4-8-19/h9-10,20-21H,1-8,11-13H2. The molecule has 2 fully saturated rings. The van der Waals surface area contributed by atoms with E-state index in [2.05, 4.69) is 9.80 Å². The summed E-state index contributed by atoms with van der Waals surface area (Å²) in [5.74, 6) is 0.436. The summed E-state index contributed by atoms with van der Waals surface area (Å²) in [7, 11) is 0. The van der Waals surface area contributed by atoms with Crippen molar-refractivity contribution < 1.29 is 10.2 Å². The van der Waals surface area contributed by atoms with Gasteiger partial charge in [-0.05, 0) is 69.6 Å². The summed E-state index contributed by atoms with van der Waals surface area (Å²) < 4.78 is 0. The fourth-order valence-electron chi connectivity index (χ4n) is 3.53. The van der Waals surface area contributed by atoms with Crippen molar-refractivity contribution in [3.63, 3.8) is 0 Å². The highest BCUT2D eigenvalue weighted by Gasteiger charge is 2.19. The predicted octanol–water partition coefficient (Wildman–Crippen LogP) is 2.08. The Bertz CT molecular complexity index is 439. The van der Waals surface area contributed by atoms with Gasteiger partial charge in [0.1, 0.15) is 5.75 Å². The van der Waals surface area contributed by atoms with E-state index in [1.165, 1.54) is 25.7 Å². The van der Waals surface area contributed by atoms with E-state index in [0.29, 0.717) is 5.75 Å². The van der Waals surface area contributed by atoms with Crippen LogP contribution in [0.25, 0.3) is 0 Å². The lowest BCUT2D eigenvalue weighted by atomic mass is 10.0. The maximum Gasteiger partial charge on any atom is 0.124 e. The van der Waals surface area contributed by atoms with Crippen molar-refractivity contribution in [3.05, 3.63) is 28.8 Å². The van der Waals surface area contributed by atoms with Gasteiger partial charge in [-0.15, -0.1) is 0 Å². The average Bonchev–Trinajstić information content (AvgIpc) is 3.16. The number of phenols is 1. The largest absolute Gasteiger partial charge is 0.507 e. The maximum atomic E-state index is 10.6. The highest BCUT2D eigenvalue weighted by atomic mass is 16.3. The van der Waals surface area contributed by atoms with E-state index in [-0.39, 0.29) is 6.61 Å². The molecule has 0 aliphatic carbocycles. The van der Waals surface area contributed by atoms with Crippen LogP contribution in [0, 0.1) is 0 Å². The molecule has 0 radical (unpaired) electrons. The first kappa shape index (κ1) is 14.8. The average molecular weight is 290 g/mol. The maximum absolute atomic E-state index is 10.6. The van der Waals surface area contributed by atoms with E-state index in [1.54, 1.807) is 0 Å². The highest BCUT2D eigenvalue weighted by molar-refractivity contribution is 5.43. The summed E-state index contributed by atoms with van der Waals surface area (Å²) in [4.78, 5) is 4.77. The quantitative estimate of drug-likeness (QED) is 0.871. The first-order valence-corrected chi connectivity index (χ1v) is 8.15. The van der Waals surface area contributed by atoms with Crippen LogP contribution in [0.3, 0.4) is 0 Å². The number of nitrogens with zero attached hydrogens (tertiary/aromatic N) is 2. The number of aliphatic hydroxyl groups is 1. The number of benzene rings is 1. The van der Waals surface area contributed by atoms with Crippen molar-refractivity contribution in [2.75, 3.05) is 26.2 Å². The van der Waals surface area contributed by atoms with Gasteiger partial charge in [-0.3, -0.25) is 9.80 Å². The van der Waals surface area contributed by atoms with Crippen LogP contribution in [0.4, 0.5) is 0 Å². The summed E-state index contributed by atoms with van der Waals surface area (Å²) in [5, 5.41) is 20.1. The smallest absolute Gasteiger partial charge is 0.124 e. The second-order valence-corrected chi connectivity index (χ2v) is 6.39. The third kappa shape index (κ3) is 3.57. The Morgan fingerprint density at radius 2 is 1.24 bits per heavy atom. The molecule has 0 aromatic heterocycles. The lowest BCUT2D eigenvalue weighted by Gasteiger charge is -2.21. The lowest BCUT2D eigenvalue weighted by molar-refractivity contribution is 0.279. The predicted molar refractivity (Wildman–Crippen MR) is 83.1 cm³/mol. The summed E-state index contributed by atoms with van der Waals surface area (Å²) in [6, 6.07) is 3.92. The Labute approximate surface area is 127 Å². The van der Waals surface area contributed by atoms with E-state index in [0.717, 1.165) is 56.0 Å². The van der Waals surface area contributed by atoms with Gasteiger partial charge in [0.25, 0.3) is 0 Å². The Morgan fingerprint density at radius 3 is 1.62 bits per heavy atom. The van der Waals surface area contributed by atoms with Gasteiger partial charge in [-0.2, -0.15) is 0 Å². The van der Waals surface area contributed by atoms with E-state index >= 15 is 0 Å². The fraction of sp³-hybridized carbons (Fsp3) is 0.647. The molecule has 0 saturated carbocycles. The first-order valence-electron chi connectivity index (χ1n) is 8.15. The van der Waals surface area contributed by atoms with Gasteiger partial charge in [0.2, 0.25) is 0 Å². The van der Waals surface area contributed by atoms with Gasteiger partial charge in [0.15, 0.2) is 0 Å². The molecule has 1 aromatic carbocycles. The molecule has 21 heavy (non-hydrogen) atoms. The van der Waals surface area contributed by atoms with Gasteiger partial charge in [-0.25, -0.2) is 0 Å². The van der Waals surface area contributed by atoms with Gasteiger partial charge in [-0.1, -0.05) is 0 Å². The Balaban J connectivity index is 1.80. The summed E-state index contributed by atoms with van der Waals surface area (Å²) in [5.41, 5.74) is 2.85. The van der Waals surface area contributed by atoms with Crippen LogP contribution in [0.1, 0.15) is 42.4 Å². The lowest BCUT2D eigenvalue weighted by Crippen LogP contribution is -2.21.